The number of halogens is 1. The Bertz CT molecular complexity index is 1570. The number of hydrogen-bond donors (Lipinski definition) is 4. The minimum atomic E-state index is -4.16. The van der Waals surface area contributed by atoms with Gasteiger partial charge in [0.05, 0.1) is 39.6 Å². The van der Waals surface area contributed by atoms with Crippen LogP contribution in [0.3, 0.4) is 0 Å². The standard InChI is InChI=1S/C28H31ClN6O4S/c1-4-5-11-23-18(2)31-26(25(33-23)34-24-17-20(39-3)12-13-22(24)29)35-40(37,38)21-10-8-9-19(16-21)32-27(36)28(30)14-6-7-15-28/h4-5,8-13,16-17H,1,6-7,14-15,30H2,2-3H3,(H,31,35)(H,32,36)(H,33,34)/b11-5-. The molecule has 0 saturated heterocycles. The normalized spacial score (nSPS) is 14.6. The minimum absolute atomic E-state index is 0.0477. The number of amides is 1. The number of nitrogens with one attached hydrogen (secondary N) is 3. The van der Waals surface area contributed by atoms with E-state index < -0.39 is 15.6 Å². The van der Waals surface area contributed by atoms with Crippen LogP contribution in [0.15, 0.2) is 66.1 Å². The van der Waals surface area contributed by atoms with Crippen LogP contribution in [0.25, 0.3) is 6.08 Å². The maximum atomic E-state index is 13.5. The van der Waals surface area contributed by atoms with E-state index in [1.807, 2.05) is 0 Å². The summed E-state index contributed by atoms with van der Waals surface area (Å²) in [5.41, 5.74) is 7.02. The fourth-order valence-electron chi connectivity index (χ4n) is 4.28. The lowest BCUT2D eigenvalue weighted by Crippen LogP contribution is -2.48. The molecule has 0 spiro atoms. The van der Waals surface area contributed by atoms with Crippen molar-refractivity contribution in [2.24, 2.45) is 5.73 Å². The van der Waals surface area contributed by atoms with Crippen LogP contribution in [-0.4, -0.2) is 36.9 Å². The second kappa shape index (κ2) is 12.1. The van der Waals surface area contributed by atoms with Gasteiger partial charge in [-0.2, -0.15) is 0 Å². The van der Waals surface area contributed by atoms with E-state index in [1.54, 1.807) is 49.4 Å². The molecule has 4 rings (SSSR count). The molecule has 5 N–H and O–H groups in total. The Morgan fingerprint density at radius 1 is 1.15 bits per heavy atom. The number of ether oxygens (including phenoxy) is 1. The average Bonchev–Trinajstić information content (AvgIpc) is 3.38. The molecule has 0 unspecified atom stereocenters. The third kappa shape index (κ3) is 6.61. The van der Waals surface area contributed by atoms with Crippen molar-refractivity contribution in [2.45, 2.75) is 43.0 Å². The number of carbonyl (C=O) groups excluding carboxylic acids is 1. The van der Waals surface area contributed by atoms with E-state index in [-0.39, 0.29) is 22.4 Å². The fraction of sp³-hybridized carbons (Fsp3) is 0.250. The number of methoxy groups -OCH3 is 1. The van der Waals surface area contributed by atoms with Crippen molar-refractivity contribution in [3.63, 3.8) is 0 Å². The number of sulfonamides is 1. The maximum Gasteiger partial charge on any atom is 0.263 e. The van der Waals surface area contributed by atoms with Crippen molar-refractivity contribution in [3.05, 3.63) is 77.6 Å². The first kappa shape index (κ1) is 29.1. The van der Waals surface area contributed by atoms with Crippen LogP contribution in [0.1, 0.15) is 37.1 Å². The topological polar surface area (TPSA) is 148 Å². The van der Waals surface area contributed by atoms with Crippen molar-refractivity contribution < 1.29 is 17.9 Å². The van der Waals surface area contributed by atoms with Gasteiger partial charge in [0.15, 0.2) is 11.6 Å². The van der Waals surface area contributed by atoms with Gasteiger partial charge >= 0.3 is 0 Å². The van der Waals surface area contributed by atoms with Crippen LogP contribution in [0.2, 0.25) is 5.02 Å². The van der Waals surface area contributed by atoms with E-state index in [2.05, 4.69) is 31.9 Å². The lowest BCUT2D eigenvalue weighted by molar-refractivity contribution is -0.121. The molecule has 0 aliphatic heterocycles. The van der Waals surface area contributed by atoms with Gasteiger partial charge in [0, 0.05) is 11.8 Å². The van der Waals surface area contributed by atoms with E-state index in [9.17, 15) is 13.2 Å². The monoisotopic (exact) mass is 582 g/mol. The van der Waals surface area contributed by atoms with E-state index in [0.717, 1.165) is 12.8 Å². The van der Waals surface area contributed by atoms with Crippen LogP contribution in [0.4, 0.5) is 23.0 Å². The van der Waals surface area contributed by atoms with Gasteiger partial charge in [0.25, 0.3) is 10.0 Å². The van der Waals surface area contributed by atoms with Crippen molar-refractivity contribution in [2.75, 3.05) is 22.5 Å². The van der Waals surface area contributed by atoms with E-state index in [4.69, 9.17) is 22.1 Å². The zero-order valence-electron chi connectivity index (χ0n) is 22.2. The highest BCUT2D eigenvalue weighted by molar-refractivity contribution is 7.92. The Morgan fingerprint density at radius 3 is 2.60 bits per heavy atom. The van der Waals surface area contributed by atoms with E-state index in [0.29, 0.717) is 46.4 Å². The number of hydrogen-bond acceptors (Lipinski definition) is 8. The molecule has 1 aromatic heterocycles. The van der Waals surface area contributed by atoms with Gasteiger partial charge in [0.2, 0.25) is 5.91 Å². The molecule has 1 amide bonds. The molecule has 210 valence electrons. The number of nitrogens with zero attached hydrogens (tertiary/aromatic N) is 2. The van der Waals surface area contributed by atoms with Crippen LogP contribution in [0.5, 0.6) is 5.75 Å². The molecule has 2 aromatic carbocycles. The summed E-state index contributed by atoms with van der Waals surface area (Å²) in [6.45, 7) is 5.38. The zero-order chi connectivity index (χ0) is 28.9. The van der Waals surface area contributed by atoms with Gasteiger partial charge in [0.1, 0.15) is 5.75 Å². The van der Waals surface area contributed by atoms with Gasteiger partial charge in [-0.15, -0.1) is 0 Å². The summed E-state index contributed by atoms with van der Waals surface area (Å²) in [6, 6.07) is 10.9. The molecule has 3 aromatic rings. The number of nitrogens with two attached hydrogens (primary N) is 1. The number of benzene rings is 2. The maximum absolute atomic E-state index is 13.5. The quantitative estimate of drug-likeness (QED) is 0.232. The summed E-state index contributed by atoms with van der Waals surface area (Å²) in [5.74, 6) is 0.271. The van der Waals surface area contributed by atoms with Crippen LogP contribution in [0, 0.1) is 6.92 Å². The van der Waals surface area contributed by atoms with Crippen molar-refractivity contribution >= 4 is 56.6 Å². The van der Waals surface area contributed by atoms with Gasteiger partial charge in [-0.3, -0.25) is 9.52 Å². The Balaban J connectivity index is 1.67. The third-order valence-corrected chi connectivity index (χ3v) is 8.17. The number of anilines is 4. The molecule has 1 saturated carbocycles. The predicted octanol–water partition coefficient (Wildman–Crippen LogP) is 5.40. The first-order valence-corrected chi connectivity index (χ1v) is 14.4. The van der Waals surface area contributed by atoms with Crippen molar-refractivity contribution in [3.8, 4) is 5.75 Å². The molecule has 10 nitrogen and oxygen atoms in total. The molecule has 1 heterocycles. The highest BCUT2D eigenvalue weighted by Gasteiger charge is 2.37. The molecular formula is C28H31ClN6O4S. The second-order valence-corrected chi connectivity index (χ2v) is 11.5. The lowest BCUT2D eigenvalue weighted by atomic mass is 9.98. The zero-order valence-corrected chi connectivity index (χ0v) is 23.8. The number of rotatable bonds is 10. The summed E-state index contributed by atoms with van der Waals surface area (Å²) in [5, 5.41) is 6.19. The summed E-state index contributed by atoms with van der Waals surface area (Å²) in [7, 11) is -2.64. The summed E-state index contributed by atoms with van der Waals surface area (Å²) in [6.07, 6.45) is 7.91. The largest absolute Gasteiger partial charge is 0.497 e. The number of allylic oxidation sites excluding steroid dienone is 2. The van der Waals surface area contributed by atoms with E-state index >= 15 is 0 Å². The van der Waals surface area contributed by atoms with Gasteiger partial charge in [-0.25, -0.2) is 18.4 Å². The van der Waals surface area contributed by atoms with Gasteiger partial charge in [-0.1, -0.05) is 49.2 Å². The summed E-state index contributed by atoms with van der Waals surface area (Å²) >= 11 is 6.38. The highest BCUT2D eigenvalue weighted by atomic mass is 35.5. The highest BCUT2D eigenvalue weighted by Crippen LogP contribution is 2.33. The van der Waals surface area contributed by atoms with Gasteiger partial charge < -0.3 is 21.1 Å². The lowest BCUT2D eigenvalue weighted by Gasteiger charge is -2.22. The van der Waals surface area contributed by atoms with Crippen LogP contribution < -0.4 is 25.8 Å². The Kier molecular flexibility index (Phi) is 8.77. The van der Waals surface area contributed by atoms with Crippen molar-refractivity contribution in [1.82, 2.24) is 9.97 Å². The average molecular weight is 583 g/mol. The molecule has 0 radical (unpaired) electrons. The van der Waals surface area contributed by atoms with Crippen molar-refractivity contribution in [1.29, 1.82) is 0 Å². The van der Waals surface area contributed by atoms with E-state index in [1.165, 1.54) is 25.3 Å². The molecule has 12 heteroatoms. The molecule has 40 heavy (non-hydrogen) atoms. The first-order chi connectivity index (χ1) is 19.0. The third-order valence-electron chi connectivity index (χ3n) is 6.50. The smallest absolute Gasteiger partial charge is 0.263 e. The van der Waals surface area contributed by atoms with Gasteiger partial charge in [-0.05, 0) is 56.2 Å². The Morgan fingerprint density at radius 2 is 1.90 bits per heavy atom. The molecule has 1 aliphatic rings. The summed E-state index contributed by atoms with van der Waals surface area (Å²) < 4.78 is 34.8. The fourth-order valence-corrected chi connectivity index (χ4v) is 5.50. The minimum Gasteiger partial charge on any atom is -0.497 e. The number of aromatic nitrogens is 2. The Labute approximate surface area is 238 Å². The SMILES string of the molecule is C=C/C=C\c1nc(Nc2cc(OC)ccc2Cl)c(NS(=O)(=O)c2cccc(NC(=O)C3(N)CCCC3)c2)nc1C. The molecule has 0 bridgehead atoms. The predicted molar refractivity (Wildman–Crippen MR) is 159 cm³/mol. The van der Waals surface area contributed by atoms with Crippen LogP contribution >= 0.6 is 11.6 Å². The molecule has 1 aliphatic carbocycles. The van der Waals surface area contributed by atoms with Crippen LogP contribution in [-0.2, 0) is 14.8 Å². The molecule has 1 fully saturated rings. The number of carbonyl (C=O) groups is 1. The number of aryl methyl sites for hydroxylation is 1. The Hall–Kier alpha value is -3.93. The molecular weight excluding hydrogens is 552 g/mol. The first-order valence-electron chi connectivity index (χ1n) is 12.6. The summed E-state index contributed by atoms with van der Waals surface area (Å²) in [4.78, 5) is 21.7. The molecule has 0 atom stereocenters. The second-order valence-electron chi connectivity index (χ2n) is 9.41.